The summed E-state index contributed by atoms with van der Waals surface area (Å²) < 4.78 is 11.0. The smallest absolute Gasteiger partial charge is 0.322 e. The highest BCUT2D eigenvalue weighted by molar-refractivity contribution is 6.06. The quantitative estimate of drug-likeness (QED) is 0.286. The van der Waals surface area contributed by atoms with Crippen LogP contribution in [0.1, 0.15) is 37.3 Å². The van der Waals surface area contributed by atoms with E-state index in [2.05, 4.69) is 10.6 Å². The summed E-state index contributed by atoms with van der Waals surface area (Å²) in [5.74, 6) is 0.641. The second-order valence-electron chi connectivity index (χ2n) is 7.63. The molecule has 0 aromatic heterocycles. The standard InChI is InChI=1S/C23H26N2O5/c1-16-5-3-6-19(15-16)29-14-4-7-20(26)30-18-10-8-17(9-11-18)12-13-23(2)21(27)24-22(28)25-23/h3,5-6,8-11,15H,4,7,12-14H2,1-2H3,(H2,24,25,27,28)/t23-/m1/s1. The number of imide groups is 1. The number of esters is 1. The van der Waals surface area contributed by atoms with Crippen LogP contribution in [-0.4, -0.2) is 30.1 Å². The Morgan fingerprint density at radius 3 is 2.50 bits per heavy atom. The van der Waals surface area contributed by atoms with Crippen molar-refractivity contribution in [3.63, 3.8) is 0 Å². The predicted octanol–water partition coefficient (Wildman–Crippen LogP) is 3.29. The molecule has 2 N–H and O–H groups in total. The molecule has 1 aliphatic rings. The van der Waals surface area contributed by atoms with Crippen LogP contribution < -0.4 is 20.1 Å². The minimum absolute atomic E-state index is 0.265. The minimum atomic E-state index is -0.900. The van der Waals surface area contributed by atoms with Crippen LogP contribution in [0.5, 0.6) is 11.5 Å². The fraction of sp³-hybridized carbons (Fsp3) is 0.348. The van der Waals surface area contributed by atoms with Crippen molar-refractivity contribution < 1.29 is 23.9 Å². The van der Waals surface area contributed by atoms with Crippen molar-refractivity contribution in [1.82, 2.24) is 10.6 Å². The minimum Gasteiger partial charge on any atom is -0.494 e. The zero-order chi connectivity index (χ0) is 21.6. The molecule has 1 aliphatic heterocycles. The van der Waals surface area contributed by atoms with Gasteiger partial charge in [-0.25, -0.2) is 4.79 Å². The third-order valence-corrected chi connectivity index (χ3v) is 4.97. The second-order valence-corrected chi connectivity index (χ2v) is 7.63. The first-order chi connectivity index (χ1) is 14.3. The lowest BCUT2D eigenvalue weighted by atomic mass is 9.93. The van der Waals surface area contributed by atoms with Gasteiger partial charge in [-0.3, -0.25) is 14.9 Å². The molecule has 2 aromatic rings. The third-order valence-electron chi connectivity index (χ3n) is 4.97. The van der Waals surface area contributed by atoms with Gasteiger partial charge >= 0.3 is 12.0 Å². The molecule has 7 heteroatoms. The highest BCUT2D eigenvalue weighted by Crippen LogP contribution is 2.20. The normalized spacial score (nSPS) is 17.9. The molecule has 1 fully saturated rings. The van der Waals surface area contributed by atoms with Gasteiger partial charge in [0.1, 0.15) is 17.0 Å². The van der Waals surface area contributed by atoms with Gasteiger partial charge in [-0.2, -0.15) is 0 Å². The molecule has 7 nitrogen and oxygen atoms in total. The number of amides is 3. The monoisotopic (exact) mass is 410 g/mol. The first-order valence-electron chi connectivity index (χ1n) is 9.97. The van der Waals surface area contributed by atoms with E-state index in [9.17, 15) is 14.4 Å². The Balaban J connectivity index is 1.39. The van der Waals surface area contributed by atoms with Gasteiger partial charge < -0.3 is 14.8 Å². The van der Waals surface area contributed by atoms with E-state index in [4.69, 9.17) is 9.47 Å². The highest BCUT2D eigenvalue weighted by atomic mass is 16.5. The van der Waals surface area contributed by atoms with E-state index in [-0.39, 0.29) is 18.3 Å². The summed E-state index contributed by atoms with van der Waals surface area (Å²) in [6, 6.07) is 14.5. The molecule has 30 heavy (non-hydrogen) atoms. The molecule has 1 atom stereocenters. The average Bonchev–Trinajstić information content (AvgIpc) is 2.96. The van der Waals surface area contributed by atoms with Crippen molar-refractivity contribution in [2.45, 2.75) is 45.1 Å². The van der Waals surface area contributed by atoms with E-state index in [1.54, 1.807) is 19.1 Å². The molecule has 0 unspecified atom stereocenters. The molecule has 0 bridgehead atoms. The maximum Gasteiger partial charge on any atom is 0.322 e. The molecule has 0 aliphatic carbocycles. The van der Waals surface area contributed by atoms with Crippen LogP contribution in [0, 0.1) is 6.92 Å². The number of carbonyl (C=O) groups excluding carboxylic acids is 3. The van der Waals surface area contributed by atoms with Gasteiger partial charge in [-0.1, -0.05) is 24.3 Å². The largest absolute Gasteiger partial charge is 0.494 e. The molecule has 3 rings (SSSR count). The van der Waals surface area contributed by atoms with Crippen molar-refractivity contribution in [2.24, 2.45) is 0 Å². The molecule has 1 saturated heterocycles. The van der Waals surface area contributed by atoms with E-state index >= 15 is 0 Å². The molecule has 3 amide bonds. The van der Waals surface area contributed by atoms with Crippen LogP contribution in [-0.2, 0) is 16.0 Å². The summed E-state index contributed by atoms with van der Waals surface area (Å²) in [5.41, 5.74) is 1.21. The summed E-state index contributed by atoms with van der Waals surface area (Å²) in [7, 11) is 0. The van der Waals surface area contributed by atoms with Crippen LogP contribution in [0.3, 0.4) is 0 Å². The van der Waals surface area contributed by atoms with E-state index in [0.717, 1.165) is 16.9 Å². The van der Waals surface area contributed by atoms with Crippen LogP contribution in [0.15, 0.2) is 48.5 Å². The Hall–Kier alpha value is -3.35. The number of rotatable bonds is 9. The van der Waals surface area contributed by atoms with Gasteiger partial charge in [0, 0.05) is 6.42 Å². The van der Waals surface area contributed by atoms with Gasteiger partial charge in [0.05, 0.1) is 6.61 Å². The van der Waals surface area contributed by atoms with Crippen LogP contribution in [0.2, 0.25) is 0 Å². The van der Waals surface area contributed by atoms with Gasteiger partial charge in [0.2, 0.25) is 0 Å². The molecular formula is C23H26N2O5. The topological polar surface area (TPSA) is 93.7 Å². The lowest BCUT2D eigenvalue weighted by molar-refractivity contribution is -0.134. The van der Waals surface area contributed by atoms with Gasteiger partial charge in [0.15, 0.2) is 0 Å². The first kappa shape index (κ1) is 21.4. The van der Waals surface area contributed by atoms with Crippen molar-refractivity contribution in [2.75, 3.05) is 6.61 Å². The number of urea groups is 1. The summed E-state index contributed by atoms with van der Waals surface area (Å²) in [4.78, 5) is 35.2. The summed E-state index contributed by atoms with van der Waals surface area (Å²) >= 11 is 0. The summed E-state index contributed by atoms with van der Waals surface area (Å²) in [6.45, 7) is 4.14. The fourth-order valence-corrected chi connectivity index (χ4v) is 3.17. The van der Waals surface area contributed by atoms with Gasteiger partial charge in [0.25, 0.3) is 5.91 Å². The van der Waals surface area contributed by atoms with Crippen molar-refractivity contribution in [3.05, 3.63) is 59.7 Å². The SMILES string of the molecule is Cc1cccc(OCCCC(=O)Oc2ccc(CC[C@@]3(C)NC(=O)NC3=O)cc2)c1. The number of benzene rings is 2. The molecule has 0 radical (unpaired) electrons. The lowest BCUT2D eigenvalue weighted by Gasteiger charge is -2.20. The third kappa shape index (κ3) is 5.83. The zero-order valence-electron chi connectivity index (χ0n) is 17.2. The number of hydrogen-bond acceptors (Lipinski definition) is 5. The number of carbonyl (C=O) groups is 3. The number of nitrogens with one attached hydrogen (secondary N) is 2. The molecular weight excluding hydrogens is 384 g/mol. The summed E-state index contributed by atoms with van der Waals surface area (Å²) in [6.07, 6.45) is 1.91. The van der Waals surface area contributed by atoms with Crippen molar-refractivity contribution in [3.8, 4) is 11.5 Å². The Morgan fingerprint density at radius 2 is 1.83 bits per heavy atom. The van der Waals surface area contributed by atoms with E-state index in [1.165, 1.54) is 0 Å². The first-order valence-corrected chi connectivity index (χ1v) is 9.97. The molecule has 2 aromatic carbocycles. The predicted molar refractivity (Wildman–Crippen MR) is 111 cm³/mol. The van der Waals surface area contributed by atoms with Gasteiger partial charge in [-0.05, 0) is 68.5 Å². The second kappa shape index (κ2) is 9.43. The Morgan fingerprint density at radius 1 is 1.07 bits per heavy atom. The maximum atomic E-state index is 12.0. The maximum absolute atomic E-state index is 12.0. The van der Waals surface area contributed by atoms with E-state index in [1.807, 2.05) is 43.3 Å². The van der Waals surface area contributed by atoms with Crippen molar-refractivity contribution >= 4 is 17.9 Å². The van der Waals surface area contributed by atoms with Crippen LogP contribution in [0.25, 0.3) is 0 Å². The zero-order valence-corrected chi connectivity index (χ0v) is 17.2. The number of hydrogen-bond donors (Lipinski definition) is 2. The Kier molecular flexibility index (Phi) is 6.72. The number of ether oxygens (including phenoxy) is 2. The number of aryl methyl sites for hydroxylation is 2. The highest BCUT2D eigenvalue weighted by Gasteiger charge is 2.41. The lowest BCUT2D eigenvalue weighted by Crippen LogP contribution is -2.43. The summed E-state index contributed by atoms with van der Waals surface area (Å²) in [5, 5.41) is 4.90. The average molecular weight is 410 g/mol. The van der Waals surface area contributed by atoms with Crippen LogP contribution >= 0.6 is 0 Å². The van der Waals surface area contributed by atoms with E-state index < -0.39 is 11.6 Å². The van der Waals surface area contributed by atoms with Crippen LogP contribution in [0.4, 0.5) is 4.79 Å². The Labute approximate surface area is 175 Å². The molecule has 158 valence electrons. The molecule has 0 spiro atoms. The molecule has 1 heterocycles. The van der Waals surface area contributed by atoms with Crippen molar-refractivity contribution in [1.29, 1.82) is 0 Å². The Bertz CT molecular complexity index is 925. The van der Waals surface area contributed by atoms with E-state index in [0.29, 0.717) is 31.6 Å². The molecule has 0 saturated carbocycles. The van der Waals surface area contributed by atoms with Gasteiger partial charge in [-0.15, -0.1) is 0 Å². The fourth-order valence-electron chi connectivity index (χ4n) is 3.17.